The summed E-state index contributed by atoms with van der Waals surface area (Å²) in [6.45, 7) is 0.598. The summed E-state index contributed by atoms with van der Waals surface area (Å²) in [5, 5.41) is 2.97. The molecule has 2 atom stereocenters. The monoisotopic (exact) mass is 292 g/mol. The van der Waals surface area contributed by atoms with E-state index in [1.54, 1.807) is 32.4 Å². The van der Waals surface area contributed by atoms with E-state index in [-0.39, 0.29) is 11.9 Å². The highest BCUT2D eigenvalue weighted by atomic mass is 16.5. The van der Waals surface area contributed by atoms with Crippen molar-refractivity contribution in [3.63, 3.8) is 0 Å². The predicted octanol–water partition coefficient (Wildman–Crippen LogP) is 1.95. The van der Waals surface area contributed by atoms with Crippen LogP contribution in [0.25, 0.3) is 0 Å². The number of carbonyl (C=O) groups excluding carboxylic acids is 1. The van der Waals surface area contributed by atoms with Crippen molar-refractivity contribution in [2.24, 2.45) is 11.7 Å². The van der Waals surface area contributed by atoms with Crippen LogP contribution in [-0.4, -0.2) is 32.7 Å². The number of hydrogen-bond acceptors (Lipinski definition) is 4. The first-order chi connectivity index (χ1) is 10.2. The second kappa shape index (κ2) is 7.31. The Morgan fingerprint density at radius 1 is 1.24 bits per heavy atom. The van der Waals surface area contributed by atoms with Gasteiger partial charge in [0.1, 0.15) is 17.1 Å². The molecule has 0 radical (unpaired) electrons. The Kier molecular flexibility index (Phi) is 5.44. The van der Waals surface area contributed by atoms with Gasteiger partial charge in [0.25, 0.3) is 5.91 Å². The van der Waals surface area contributed by atoms with Crippen molar-refractivity contribution >= 4 is 5.91 Å². The third-order valence-electron chi connectivity index (χ3n) is 4.15. The van der Waals surface area contributed by atoms with E-state index in [4.69, 9.17) is 15.2 Å². The van der Waals surface area contributed by atoms with Gasteiger partial charge in [-0.05, 0) is 30.9 Å². The minimum Gasteiger partial charge on any atom is -0.496 e. The first-order valence-corrected chi connectivity index (χ1v) is 7.42. The average molecular weight is 292 g/mol. The van der Waals surface area contributed by atoms with E-state index < -0.39 is 0 Å². The Morgan fingerprint density at radius 2 is 1.86 bits per heavy atom. The summed E-state index contributed by atoms with van der Waals surface area (Å²) in [5.74, 6) is 1.20. The van der Waals surface area contributed by atoms with Crippen molar-refractivity contribution < 1.29 is 14.3 Å². The molecule has 21 heavy (non-hydrogen) atoms. The summed E-state index contributed by atoms with van der Waals surface area (Å²) in [6, 6.07) is 5.48. The van der Waals surface area contributed by atoms with Gasteiger partial charge < -0.3 is 20.5 Å². The van der Waals surface area contributed by atoms with Crippen LogP contribution < -0.4 is 20.5 Å². The molecule has 3 N–H and O–H groups in total. The van der Waals surface area contributed by atoms with Crippen molar-refractivity contribution in [3.8, 4) is 11.5 Å². The standard InChI is InChI=1S/C16H24N2O3/c1-20-13-8-5-9-14(21-2)15(13)16(19)18-10-11-6-3-4-7-12(11)17/h5,8-9,11-12H,3-4,6-7,10,17H2,1-2H3,(H,18,19). The second-order valence-electron chi connectivity index (χ2n) is 5.46. The molecule has 1 aromatic rings. The average Bonchev–Trinajstić information content (AvgIpc) is 2.52. The summed E-state index contributed by atoms with van der Waals surface area (Å²) in [5.41, 5.74) is 6.55. The SMILES string of the molecule is COc1cccc(OC)c1C(=O)NCC1CCCCC1N. The molecule has 0 heterocycles. The Bertz CT molecular complexity index is 468. The summed E-state index contributed by atoms with van der Waals surface area (Å²) < 4.78 is 10.5. The minimum atomic E-state index is -0.179. The third-order valence-corrected chi connectivity index (χ3v) is 4.15. The smallest absolute Gasteiger partial charge is 0.258 e. The number of carbonyl (C=O) groups is 1. The van der Waals surface area contributed by atoms with Crippen LogP contribution in [0, 0.1) is 5.92 Å². The lowest BCUT2D eigenvalue weighted by molar-refractivity contribution is 0.0935. The molecule has 5 heteroatoms. The van der Waals surface area contributed by atoms with Crippen LogP contribution in [0.4, 0.5) is 0 Å². The number of nitrogens with two attached hydrogens (primary N) is 1. The number of ether oxygens (including phenoxy) is 2. The van der Waals surface area contributed by atoms with Crippen LogP contribution in [-0.2, 0) is 0 Å². The molecule has 2 unspecified atom stereocenters. The van der Waals surface area contributed by atoms with Crippen LogP contribution in [0.15, 0.2) is 18.2 Å². The number of hydrogen-bond donors (Lipinski definition) is 2. The zero-order chi connectivity index (χ0) is 15.2. The molecule has 1 amide bonds. The molecule has 0 bridgehead atoms. The molecule has 0 saturated heterocycles. The van der Waals surface area contributed by atoms with Gasteiger partial charge in [0.2, 0.25) is 0 Å². The van der Waals surface area contributed by atoms with Gasteiger partial charge in [-0.2, -0.15) is 0 Å². The van der Waals surface area contributed by atoms with Crippen molar-refractivity contribution in [1.82, 2.24) is 5.32 Å². The molecule has 116 valence electrons. The molecule has 1 aliphatic carbocycles. The lowest BCUT2D eigenvalue weighted by Crippen LogP contribution is -2.41. The molecule has 1 saturated carbocycles. The largest absolute Gasteiger partial charge is 0.496 e. The molecular weight excluding hydrogens is 268 g/mol. The summed E-state index contributed by atoms with van der Waals surface area (Å²) in [6.07, 6.45) is 4.49. The topological polar surface area (TPSA) is 73.6 Å². The van der Waals surface area contributed by atoms with Gasteiger partial charge in [0, 0.05) is 12.6 Å². The van der Waals surface area contributed by atoms with Crippen LogP contribution in [0.5, 0.6) is 11.5 Å². The van der Waals surface area contributed by atoms with Gasteiger partial charge >= 0.3 is 0 Å². The van der Waals surface area contributed by atoms with Crippen LogP contribution in [0.1, 0.15) is 36.0 Å². The highest BCUT2D eigenvalue weighted by Gasteiger charge is 2.24. The summed E-state index contributed by atoms with van der Waals surface area (Å²) in [4.78, 5) is 12.4. The van der Waals surface area contributed by atoms with Gasteiger partial charge in [-0.25, -0.2) is 0 Å². The van der Waals surface area contributed by atoms with Gasteiger partial charge in [0.05, 0.1) is 14.2 Å². The fraction of sp³-hybridized carbons (Fsp3) is 0.562. The molecule has 2 rings (SSSR count). The number of rotatable bonds is 5. The zero-order valence-electron chi connectivity index (χ0n) is 12.7. The highest BCUT2D eigenvalue weighted by Crippen LogP contribution is 2.28. The molecule has 1 aromatic carbocycles. The molecule has 0 aliphatic heterocycles. The fourth-order valence-corrected chi connectivity index (χ4v) is 2.88. The quantitative estimate of drug-likeness (QED) is 0.870. The lowest BCUT2D eigenvalue weighted by atomic mass is 9.85. The zero-order valence-corrected chi connectivity index (χ0v) is 12.7. The van der Waals surface area contributed by atoms with Crippen molar-refractivity contribution in [3.05, 3.63) is 23.8 Å². The Hall–Kier alpha value is -1.75. The second-order valence-corrected chi connectivity index (χ2v) is 5.46. The van der Waals surface area contributed by atoms with E-state index in [0.29, 0.717) is 29.5 Å². The number of nitrogens with one attached hydrogen (secondary N) is 1. The Labute approximate surface area is 125 Å². The minimum absolute atomic E-state index is 0.179. The molecular formula is C16H24N2O3. The molecule has 1 aliphatic rings. The lowest BCUT2D eigenvalue weighted by Gasteiger charge is -2.28. The van der Waals surface area contributed by atoms with E-state index in [1.165, 1.54) is 12.8 Å². The molecule has 5 nitrogen and oxygen atoms in total. The maximum atomic E-state index is 12.4. The van der Waals surface area contributed by atoms with Gasteiger partial charge in [-0.15, -0.1) is 0 Å². The Balaban J connectivity index is 2.06. The van der Waals surface area contributed by atoms with E-state index in [2.05, 4.69) is 5.32 Å². The first kappa shape index (κ1) is 15.6. The van der Waals surface area contributed by atoms with Gasteiger partial charge in [-0.3, -0.25) is 4.79 Å². The van der Waals surface area contributed by atoms with Crippen LogP contribution in [0.3, 0.4) is 0 Å². The normalized spacial score (nSPS) is 21.7. The highest BCUT2D eigenvalue weighted by molar-refractivity contribution is 5.99. The van der Waals surface area contributed by atoms with Gasteiger partial charge in [0.15, 0.2) is 0 Å². The van der Waals surface area contributed by atoms with Crippen molar-refractivity contribution in [1.29, 1.82) is 0 Å². The maximum Gasteiger partial charge on any atom is 0.258 e. The van der Waals surface area contributed by atoms with E-state index in [9.17, 15) is 4.79 Å². The van der Waals surface area contributed by atoms with E-state index in [1.807, 2.05) is 0 Å². The van der Waals surface area contributed by atoms with Gasteiger partial charge in [-0.1, -0.05) is 18.9 Å². The summed E-state index contributed by atoms with van der Waals surface area (Å²) in [7, 11) is 3.09. The van der Waals surface area contributed by atoms with E-state index >= 15 is 0 Å². The molecule has 1 fully saturated rings. The molecule has 0 spiro atoms. The van der Waals surface area contributed by atoms with Crippen LogP contribution >= 0.6 is 0 Å². The first-order valence-electron chi connectivity index (χ1n) is 7.42. The van der Waals surface area contributed by atoms with E-state index in [0.717, 1.165) is 12.8 Å². The third kappa shape index (κ3) is 3.67. The van der Waals surface area contributed by atoms with Crippen LogP contribution in [0.2, 0.25) is 0 Å². The fourth-order valence-electron chi connectivity index (χ4n) is 2.88. The van der Waals surface area contributed by atoms with Crippen molar-refractivity contribution in [2.45, 2.75) is 31.7 Å². The number of benzene rings is 1. The maximum absolute atomic E-state index is 12.4. The number of amides is 1. The summed E-state index contributed by atoms with van der Waals surface area (Å²) >= 11 is 0. The predicted molar refractivity (Wildman–Crippen MR) is 81.8 cm³/mol. The molecule has 0 aromatic heterocycles. The van der Waals surface area contributed by atoms with Crippen molar-refractivity contribution in [2.75, 3.05) is 20.8 Å². The Morgan fingerprint density at radius 3 is 2.43 bits per heavy atom. The number of methoxy groups -OCH3 is 2.